The van der Waals surface area contributed by atoms with Crippen LogP contribution in [0.15, 0.2) is 18.2 Å². The smallest absolute Gasteiger partial charge is 0.241 e. The third-order valence-electron chi connectivity index (χ3n) is 3.89. The van der Waals surface area contributed by atoms with Crippen molar-refractivity contribution in [2.45, 2.75) is 39.2 Å². The molecule has 1 fully saturated rings. The first-order chi connectivity index (χ1) is 10.0. The zero-order chi connectivity index (χ0) is 15.4. The van der Waals surface area contributed by atoms with Crippen LogP contribution in [0.4, 0.5) is 15.8 Å². The Balaban J connectivity index is 1.97. The highest BCUT2D eigenvalue weighted by molar-refractivity contribution is 5.94. The summed E-state index contributed by atoms with van der Waals surface area (Å²) in [6.45, 7) is 5.93. The second-order valence-electron chi connectivity index (χ2n) is 5.84. The minimum atomic E-state index is -0.470. The molecule has 4 nitrogen and oxygen atoms in total. The quantitative estimate of drug-likeness (QED) is 0.760. The molecule has 0 radical (unpaired) electrons. The van der Waals surface area contributed by atoms with E-state index in [9.17, 15) is 9.18 Å². The van der Waals surface area contributed by atoms with Crippen LogP contribution in [0, 0.1) is 11.7 Å². The summed E-state index contributed by atoms with van der Waals surface area (Å²) in [5, 5.41) is 2.82. The van der Waals surface area contributed by atoms with Gasteiger partial charge in [0.25, 0.3) is 0 Å². The second kappa shape index (κ2) is 6.89. The zero-order valence-electron chi connectivity index (χ0n) is 12.7. The molecule has 1 aromatic rings. The van der Waals surface area contributed by atoms with E-state index >= 15 is 0 Å². The van der Waals surface area contributed by atoms with Crippen molar-refractivity contribution in [1.82, 2.24) is 4.90 Å². The Morgan fingerprint density at radius 3 is 2.81 bits per heavy atom. The standard InChI is InChI=1S/C16H24FN3O/c1-3-8-20(10-12-4-5-12)11(2)16(21)19-13-6-7-14(17)15(18)9-13/h6-7,9,11-12H,3-5,8,10,18H2,1-2H3,(H,19,21). The number of carbonyl (C=O) groups is 1. The fourth-order valence-corrected chi connectivity index (χ4v) is 2.40. The van der Waals surface area contributed by atoms with Gasteiger partial charge >= 0.3 is 0 Å². The number of halogens is 1. The van der Waals surface area contributed by atoms with Crippen LogP contribution in [0.25, 0.3) is 0 Å². The number of nitrogens with two attached hydrogens (primary N) is 1. The number of nitrogen functional groups attached to an aromatic ring is 1. The maximum absolute atomic E-state index is 13.1. The minimum Gasteiger partial charge on any atom is -0.396 e. The van der Waals surface area contributed by atoms with E-state index in [1.54, 1.807) is 0 Å². The molecule has 0 saturated heterocycles. The van der Waals surface area contributed by atoms with Crippen molar-refractivity contribution in [2.24, 2.45) is 5.92 Å². The summed E-state index contributed by atoms with van der Waals surface area (Å²) in [7, 11) is 0. The lowest BCUT2D eigenvalue weighted by molar-refractivity contribution is -0.120. The van der Waals surface area contributed by atoms with E-state index in [0.717, 1.165) is 25.4 Å². The fraction of sp³-hybridized carbons (Fsp3) is 0.562. The number of nitrogens with one attached hydrogen (secondary N) is 1. The van der Waals surface area contributed by atoms with Gasteiger partial charge in [0, 0.05) is 12.2 Å². The van der Waals surface area contributed by atoms with Crippen LogP contribution in [0.5, 0.6) is 0 Å². The van der Waals surface area contributed by atoms with E-state index in [2.05, 4.69) is 17.1 Å². The van der Waals surface area contributed by atoms with Gasteiger partial charge in [-0.2, -0.15) is 0 Å². The summed E-state index contributed by atoms with van der Waals surface area (Å²) >= 11 is 0. The third kappa shape index (κ3) is 4.43. The van der Waals surface area contributed by atoms with Crippen molar-refractivity contribution in [3.8, 4) is 0 Å². The average molecular weight is 293 g/mol. The van der Waals surface area contributed by atoms with E-state index in [0.29, 0.717) is 5.69 Å². The van der Waals surface area contributed by atoms with Crippen LogP contribution in [0.2, 0.25) is 0 Å². The van der Waals surface area contributed by atoms with E-state index < -0.39 is 5.82 Å². The van der Waals surface area contributed by atoms with Crippen LogP contribution < -0.4 is 11.1 Å². The number of nitrogens with zero attached hydrogens (tertiary/aromatic N) is 1. The molecule has 116 valence electrons. The number of amides is 1. The Kier molecular flexibility index (Phi) is 5.17. The Labute approximate surface area is 125 Å². The molecular weight excluding hydrogens is 269 g/mol. The summed E-state index contributed by atoms with van der Waals surface area (Å²) in [5.74, 6) is 0.200. The molecule has 21 heavy (non-hydrogen) atoms. The lowest BCUT2D eigenvalue weighted by atomic mass is 10.2. The van der Waals surface area contributed by atoms with Crippen LogP contribution in [0.3, 0.4) is 0 Å². The van der Waals surface area contributed by atoms with Crippen molar-refractivity contribution in [3.05, 3.63) is 24.0 Å². The molecule has 3 N–H and O–H groups in total. The first-order valence-electron chi connectivity index (χ1n) is 7.61. The van der Waals surface area contributed by atoms with Gasteiger partial charge in [0.15, 0.2) is 0 Å². The van der Waals surface area contributed by atoms with Gasteiger partial charge < -0.3 is 11.1 Å². The molecule has 0 aromatic heterocycles. The third-order valence-corrected chi connectivity index (χ3v) is 3.89. The van der Waals surface area contributed by atoms with Crippen molar-refractivity contribution in [1.29, 1.82) is 0 Å². The van der Waals surface area contributed by atoms with Crippen molar-refractivity contribution >= 4 is 17.3 Å². The lowest BCUT2D eigenvalue weighted by Gasteiger charge is -2.27. The monoisotopic (exact) mass is 293 g/mol. The molecule has 2 rings (SSSR count). The highest BCUT2D eigenvalue weighted by atomic mass is 19.1. The maximum Gasteiger partial charge on any atom is 0.241 e. The van der Waals surface area contributed by atoms with Crippen molar-refractivity contribution in [2.75, 3.05) is 24.1 Å². The SMILES string of the molecule is CCCN(CC1CC1)C(C)C(=O)Nc1ccc(F)c(N)c1. The number of hydrogen-bond acceptors (Lipinski definition) is 3. The fourth-order valence-electron chi connectivity index (χ4n) is 2.40. The van der Waals surface area contributed by atoms with Gasteiger partial charge in [-0.3, -0.25) is 9.69 Å². The zero-order valence-corrected chi connectivity index (χ0v) is 12.7. The van der Waals surface area contributed by atoms with E-state index in [1.807, 2.05) is 6.92 Å². The van der Waals surface area contributed by atoms with E-state index in [-0.39, 0.29) is 17.6 Å². The summed E-state index contributed by atoms with van der Waals surface area (Å²) < 4.78 is 13.1. The predicted octanol–water partition coefficient (Wildman–Crippen LogP) is 2.86. The van der Waals surface area contributed by atoms with Gasteiger partial charge in [0.05, 0.1) is 11.7 Å². The summed E-state index contributed by atoms with van der Waals surface area (Å²) in [4.78, 5) is 14.6. The van der Waals surface area contributed by atoms with Gasteiger partial charge in [-0.05, 0) is 56.8 Å². The van der Waals surface area contributed by atoms with Gasteiger partial charge in [-0.25, -0.2) is 4.39 Å². The topological polar surface area (TPSA) is 58.4 Å². The Morgan fingerprint density at radius 1 is 1.52 bits per heavy atom. The normalized spacial score (nSPS) is 16.0. The Morgan fingerprint density at radius 2 is 2.24 bits per heavy atom. The Bertz CT molecular complexity index is 502. The van der Waals surface area contributed by atoms with Gasteiger partial charge in [-0.15, -0.1) is 0 Å². The summed E-state index contributed by atoms with van der Waals surface area (Å²) in [6, 6.07) is 4.05. The molecule has 5 heteroatoms. The van der Waals surface area contributed by atoms with Crippen LogP contribution in [0.1, 0.15) is 33.1 Å². The molecule has 1 aliphatic rings. The average Bonchev–Trinajstić information content (AvgIpc) is 3.25. The summed E-state index contributed by atoms with van der Waals surface area (Å²) in [6.07, 6.45) is 3.56. The second-order valence-corrected chi connectivity index (χ2v) is 5.84. The van der Waals surface area contributed by atoms with Crippen LogP contribution in [-0.2, 0) is 4.79 Å². The van der Waals surface area contributed by atoms with Gasteiger partial charge in [-0.1, -0.05) is 6.92 Å². The van der Waals surface area contributed by atoms with E-state index in [4.69, 9.17) is 5.73 Å². The number of carbonyl (C=O) groups excluding carboxylic acids is 1. The lowest BCUT2D eigenvalue weighted by Crippen LogP contribution is -2.43. The van der Waals surface area contributed by atoms with Crippen molar-refractivity contribution in [3.63, 3.8) is 0 Å². The molecule has 1 amide bonds. The molecule has 1 saturated carbocycles. The number of benzene rings is 1. The molecular formula is C16H24FN3O. The van der Waals surface area contributed by atoms with Crippen LogP contribution >= 0.6 is 0 Å². The molecule has 0 bridgehead atoms. The van der Waals surface area contributed by atoms with Crippen molar-refractivity contribution < 1.29 is 9.18 Å². The number of rotatable bonds is 7. The van der Waals surface area contributed by atoms with Crippen LogP contribution in [-0.4, -0.2) is 29.9 Å². The predicted molar refractivity (Wildman–Crippen MR) is 83.5 cm³/mol. The molecule has 1 aliphatic carbocycles. The van der Waals surface area contributed by atoms with E-state index in [1.165, 1.54) is 31.0 Å². The molecule has 1 aromatic carbocycles. The minimum absolute atomic E-state index is 0.0452. The molecule has 1 unspecified atom stereocenters. The summed E-state index contributed by atoms with van der Waals surface area (Å²) in [5.41, 5.74) is 6.10. The highest BCUT2D eigenvalue weighted by Crippen LogP contribution is 2.30. The maximum atomic E-state index is 13.1. The highest BCUT2D eigenvalue weighted by Gasteiger charge is 2.28. The molecule has 0 heterocycles. The first-order valence-corrected chi connectivity index (χ1v) is 7.61. The van der Waals surface area contributed by atoms with Gasteiger partial charge in [0.1, 0.15) is 5.82 Å². The van der Waals surface area contributed by atoms with Gasteiger partial charge in [0.2, 0.25) is 5.91 Å². The first kappa shape index (κ1) is 15.8. The molecule has 0 spiro atoms. The Hall–Kier alpha value is -1.62. The molecule has 0 aliphatic heterocycles. The largest absolute Gasteiger partial charge is 0.396 e. The number of hydrogen-bond donors (Lipinski definition) is 2. The molecule has 1 atom stereocenters. The number of anilines is 2.